The van der Waals surface area contributed by atoms with E-state index in [4.69, 9.17) is 4.74 Å². The second-order valence-electron chi connectivity index (χ2n) is 3.88. The van der Waals surface area contributed by atoms with Crippen LogP contribution in [0.1, 0.15) is 27.7 Å². The first-order valence-corrected chi connectivity index (χ1v) is 5.28. The molecule has 3 heteroatoms. The molecule has 0 aliphatic carbocycles. The number of hydrogen-bond donors (Lipinski definition) is 0. The fourth-order valence-corrected chi connectivity index (χ4v) is 1.32. The Balaban J connectivity index is 4.80. The Morgan fingerprint density at radius 1 is 1.33 bits per heavy atom. The summed E-state index contributed by atoms with van der Waals surface area (Å²) in [5, 5.41) is 0. The fourth-order valence-electron chi connectivity index (χ4n) is 1.32. The van der Waals surface area contributed by atoms with E-state index in [-0.39, 0.29) is 17.6 Å². The zero-order valence-corrected chi connectivity index (χ0v) is 9.95. The first-order chi connectivity index (χ1) is 6.95. The third-order valence-corrected chi connectivity index (χ3v) is 2.31. The molecule has 0 fully saturated rings. The average molecular weight is 212 g/mol. The van der Waals surface area contributed by atoms with Gasteiger partial charge < -0.3 is 4.74 Å². The molecule has 15 heavy (non-hydrogen) atoms. The molecule has 0 aromatic heterocycles. The number of carbonyl (C=O) groups excluding carboxylic acids is 2. The highest BCUT2D eigenvalue weighted by molar-refractivity contribution is 6.00. The van der Waals surface area contributed by atoms with Crippen LogP contribution in [0.4, 0.5) is 0 Å². The van der Waals surface area contributed by atoms with E-state index in [2.05, 4.69) is 6.58 Å². The summed E-state index contributed by atoms with van der Waals surface area (Å²) in [5.74, 6) is -1.58. The molecule has 0 aromatic rings. The maximum atomic E-state index is 11.8. The summed E-state index contributed by atoms with van der Waals surface area (Å²) in [6, 6.07) is 0. The Labute approximate surface area is 91.5 Å². The third-order valence-electron chi connectivity index (χ3n) is 2.31. The van der Waals surface area contributed by atoms with Gasteiger partial charge in [-0.1, -0.05) is 26.8 Å². The molecule has 0 N–H and O–H groups in total. The van der Waals surface area contributed by atoms with Gasteiger partial charge in [-0.15, -0.1) is 6.58 Å². The molecule has 0 aromatic carbocycles. The molecule has 0 amide bonds. The highest BCUT2D eigenvalue weighted by Crippen LogP contribution is 2.19. The van der Waals surface area contributed by atoms with E-state index in [0.717, 1.165) is 0 Å². The SMILES string of the molecule is C=CC(C)C(C(=O)OCC)C(=O)C(C)C. The number of ketones is 1. The largest absolute Gasteiger partial charge is 0.465 e. The molecule has 3 nitrogen and oxygen atoms in total. The van der Waals surface area contributed by atoms with Gasteiger partial charge in [-0.05, 0) is 12.8 Å². The molecule has 0 radical (unpaired) electrons. The van der Waals surface area contributed by atoms with Crippen LogP contribution < -0.4 is 0 Å². The summed E-state index contributed by atoms with van der Waals surface area (Å²) in [5.41, 5.74) is 0. The maximum absolute atomic E-state index is 11.8. The molecule has 86 valence electrons. The van der Waals surface area contributed by atoms with Crippen LogP contribution in [0.25, 0.3) is 0 Å². The molecule has 0 saturated carbocycles. The molecule has 0 bridgehead atoms. The minimum Gasteiger partial charge on any atom is -0.465 e. The predicted molar refractivity (Wildman–Crippen MR) is 59.3 cm³/mol. The van der Waals surface area contributed by atoms with Crippen LogP contribution in [-0.2, 0) is 14.3 Å². The van der Waals surface area contributed by atoms with E-state index in [0.29, 0.717) is 6.61 Å². The van der Waals surface area contributed by atoms with Gasteiger partial charge in [0.15, 0.2) is 0 Å². The molecule has 0 rings (SSSR count). The van der Waals surface area contributed by atoms with Crippen molar-refractivity contribution in [1.82, 2.24) is 0 Å². The molecule has 0 heterocycles. The summed E-state index contributed by atoms with van der Waals surface area (Å²) in [7, 11) is 0. The topological polar surface area (TPSA) is 43.4 Å². The minimum absolute atomic E-state index is 0.0825. The maximum Gasteiger partial charge on any atom is 0.317 e. The summed E-state index contributed by atoms with van der Waals surface area (Å²) in [6.45, 7) is 11.0. The van der Waals surface area contributed by atoms with E-state index in [1.807, 2.05) is 0 Å². The quantitative estimate of drug-likeness (QED) is 0.385. The average Bonchev–Trinajstić information content (AvgIpc) is 2.17. The highest BCUT2D eigenvalue weighted by Gasteiger charge is 2.33. The van der Waals surface area contributed by atoms with Gasteiger partial charge in [0.1, 0.15) is 11.7 Å². The lowest BCUT2D eigenvalue weighted by Crippen LogP contribution is -2.33. The van der Waals surface area contributed by atoms with Gasteiger partial charge in [0, 0.05) is 5.92 Å². The number of hydrogen-bond acceptors (Lipinski definition) is 3. The van der Waals surface area contributed by atoms with Crippen LogP contribution in [0, 0.1) is 17.8 Å². The highest BCUT2D eigenvalue weighted by atomic mass is 16.5. The Morgan fingerprint density at radius 3 is 2.20 bits per heavy atom. The number of ether oxygens (including phenoxy) is 1. The zero-order valence-electron chi connectivity index (χ0n) is 9.95. The van der Waals surface area contributed by atoms with E-state index in [1.165, 1.54) is 0 Å². The Bertz CT molecular complexity index is 243. The lowest BCUT2D eigenvalue weighted by molar-refractivity contribution is -0.153. The van der Waals surface area contributed by atoms with Crippen molar-refractivity contribution in [2.45, 2.75) is 27.7 Å². The number of esters is 1. The third kappa shape index (κ3) is 3.86. The van der Waals surface area contributed by atoms with Gasteiger partial charge in [-0.3, -0.25) is 9.59 Å². The van der Waals surface area contributed by atoms with Crippen molar-refractivity contribution in [2.75, 3.05) is 6.61 Å². The number of Topliss-reactive ketones (excluding diaryl/α,β-unsaturated/α-hetero) is 1. The first-order valence-electron chi connectivity index (χ1n) is 5.28. The van der Waals surface area contributed by atoms with Crippen molar-refractivity contribution in [3.05, 3.63) is 12.7 Å². The van der Waals surface area contributed by atoms with Gasteiger partial charge in [-0.25, -0.2) is 0 Å². The predicted octanol–water partition coefficient (Wildman–Crippen LogP) is 2.21. The molecular formula is C12H20O3. The van der Waals surface area contributed by atoms with Crippen molar-refractivity contribution in [3.8, 4) is 0 Å². The lowest BCUT2D eigenvalue weighted by atomic mass is 9.85. The van der Waals surface area contributed by atoms with Gasteiger partial charge >= 0.3 is 5.97 Å². The van der Waals surface area contributed by atoms with Crippen LogP contribution in [0.5, 0.6) is 0 Å². The van der Waals surface area contributed by atoms with Gasteiger partial charge in [0.25, 0.3) is 0 Å². The smallest absolute Gasteiger partial charge is 0.317 e. The number of rotatable bonds is 6. The van der Waals surface area contributed by atoms with Crippen LogP contribution in [0.2, 0.25) is 0 Å². The molecule has 2 unspecified atom stereocenters. The summed E-state index contributed by atoms with van der Waals surface area (Å²) >= 11 is 0. The normalized spacial score (nSPS) is 14.5. The van der Waals surface area contributed by atoms with Crippen LogP contribution in [0.3, 0.4) is 0 Å². The molecule has 0 saturated heterocycles. The lowest BCUT2D eigenvalue weighted by Gasteiger charge is -2.20. The summed E-state index contributed by atoms with van der Waals surface area (Å²) in [4.78, 5) is 23.4. The van der Waals surface area contributed by atoms with Crippen molar-refractivity contribution in [3.63, 3.8) is 0 Å². The summed E-state index contributed by atoms with van der Waals surface area (Å²) < 4.78 is 4.89. The van der Waals surface area contributed by atoms with E-state index < -0.39 is 11.9 Å². The zero-order chi connectivity index (χ0) is 12.0. The summed E-state index contributed by atoms with van der Waals surface area (Å²) in [6.07, 6.45) is 1.61. The van der Waals surface area contributed by atoms with Crippen molar-refractivity contribution in [2.24, 2.45) is 17.8 Å². The van der Waals surface area contributed by atoms with Crippen LogP contribution in [-0.4, -0.2) is 18.4 Å². The van der Waals surface area contributed by atoms with Gasteiger partial charge in [0.2, 0.25) is 0 Å². The molecule has 0 aliphatic rings. The van der Waals surface area contributed by atoms with Crippen molar-refractivity contribution < 1.29 is 14.3 Å². The van der Waals surface area contributed by atoms with Crippen LogP contribution >= 0.6 is 0 Å². The van der Waals surface area contributed by atoms with E-state index >= 15 is 0 Å². The van der Waals surface area contributed by atoms with Gasteiger partial charge in [0.05, 0.1) is 6.61 Å². The van der Waals surface area contributed by atoms with Crippen LogP contribution in [0.15, 0.2) is 12.7 Å². The Kier molecular flexibility index (Phi) is 5.90. The van der Waals surface area contributed by atoms with Crippen molar-refractivity contribution >= 4 is 11.8 Å². The molecular weight excluding hydrogens is 192 g/mol. The fraction of sp³-hybridized carbons (Fsp3) is 0.667. The minimum atomic E-state index is -0.706. The van der Waals surface area contributed by atoms with Crippen molar-refractivity contribution in [1.29, 1.82) is 0 Å². The number of carbonyl (C=O) groups is 2. The molecule has 0 spiro atoms. The Hall–Kier alpha value is -1.12. The second-order valence-corrected chi connectivity index (χ2v) is 3.88. The monoisotopic (exact) mass is 212 g/mol. The standard InChI is InChI=1S/C12H20O3/c1-6-9(5)10(11(13)8(3)4)12(14)15-7-2/h6,8-10H,1,7H2,2-5H3. The Morgan fingerprint density at radius 2 is 1.87 bits per heavy atom. The van der Waals surface area contributed by atoms with E-state index in [1.54, 1.807) is 33.8 Å². The molecule has 2 atom stereocenters. The first kappa shape index (κ1) is 13.9. The van der Waals surface area contributed by atoms with Gasteiger partial charge in [-0.2, -0.15) is 0 Å². The second kappa shape index (κ2) is 6.38. The number of allylic oxidation sites excluding steroid dienone is 1. The van der Waals surface area contributed by atoms with E-state index in [9.17, 15) is 9.59 Å². The molecule has 0 aliphatic heterocycles.